The largest absolute Gasteiger partial charge is 0.465 e. The van der Waals surface area contributed by atoms with Crippen molar-refractivity contribution in [2.24, 2.45) is 0 Å². The molecule has 0 aliphatic carbocycles. The minimum atomic E-state index is -0.499. The van der Waals surface area contributed by atoms with Gasteiger partial charge in [0.1, 0.15) is 0 Å². The zero-order valence-electron chi connectivity index (χ0n) is 14.9. The minimum Gasteiger partial charge on any atom is -0.465 e. The number of anilines is 1. The second-order valence-corrected chi connectivity index (χ2v) is 7.13. The number of nitrogens with one attached hydrogen (secondary N) is 2. The fourth-order valence-electron chi connectivity index (χ4n) is 2.97. The molecule has 142 valence electrons. The van der Waals surface area contributed by atoms with Gasteiger partial charge in [0, 0.05) is 19.1 Å². The molecule has 2 aromatic rings. The Bertz CT molecular complexity index is 814. The second kappa shape index (κ2) is 8.68. The number of esters is 1. The van der Waals surface area contributed by atoms with E-state index in [4.69, 9.17) is 4.74 Å². The highest BCUT2D eigenvalue weighted by molar-refractivity contribution is 7.12. The summed E-state index contributed by atoms with van der Waals surface area (Å²) in [4.78, 5) is 38.8. The zero-order valence-corrected chi connectivity index (χ0v) is 15.8. The fourth-order valence-corrected chi connectivity index (χ4v) is 3.59. The van der Waals surface area contributed by atoms with Crippen molar-refractivity contribution in [1.82, 2.24) is 10.2 Å². The number of rotatable bonds is 4. The molecule has 0 atom stereocenters. The third-order valence-corrected chi connectivity index (χ3v) is 5.30. The molecule has 0 spiro atoms. The number of urea groups is 1. The van der Waals surface area contributed by atoms with Crippen molar-refractivity contribution in [2.45, 2.75) is 18.9 Å². The van der Waals surface area contributed by atoms with E-state index >= 15 is 0 Å². The van der Waals surface area contributed by atoms with Crippen molar-refractivity contribution in [3.8, 4) is 0 Å². The van der Waals surface area contributed by atoms with Crippen LogP contribution in [-0.2, 0) is 4.74 Å². The van der Waals surface area contributed by atoms with Crippen LogP contribution in [0.4, 0.5) is 10.5 Å². The molecule has 0 saturated carbocycles. The first-order valence-electron chi connectivity index (χ1n) is 8.66. The van der Waals surface area contributed by atoms with E-state index < -0.39 is 5.97 Å². The first-order valence-corrected chi connectivity index (χ1v) is 9.54. The predicted octanol–water partition coefficient (Wildman–Crippen LogP) is 2.96. The molecule has 1 fully saturated rings. The number of thiophene rings is 1. The summed E-state index contributed by atoms with van der Waals surface area (Å²) < 4.78 is 4.74. The number of ether oxygens (including phenoxy) is 1. The number of carbonyl (C=O) groups excluding carboxylic acids is 3. The van der Waals surface area contributed by atoms with Crippen molar-refractivity contribution in [1.29, 1.82) is 0 Å². The molecule has 8 heteroatoms. The van der Waals surface area contributed by atoms with Gasteiger partial charge in [-0.2, -0.15) is 0 Å². The Labute approximate surface area is 161 Å². The molecular weight excluding hydrogens is 366 g/mol. The lowest BCUT2D eigenvalue weighted by atomic mass is 10.1. The minimum absolute atomic E-state index is 0.0472. The lowest BCUT2D eigenvalue weighted by Crippen LogP contribution is -2.47. The normalized spacial score (nSPS) is 14.5. The van der Waals surface area contributed by atoms with E-state index in [0.29, 0.717) is 42.1 Å². The Morgan fingerprint density at radius 3 is 2.52 bits per heavy atom. The Morgan fingerprint density at radius 2 is 1.85 bits per heavy atom. The number of piperidine rings is 1. The Morgan fingerprint density at radius 1 is 1.11 bits per heavy atom. The molecule has 7 nitrogen and oxygen atoms in total. The smallest absolute Gasteiger partial charge is 0.339 e. The number of nitrogens with zero attached hydrogens (tertiary/aromatic N) is 1. The van der Waals surface area contributed by atoms with Gasteiger partial charge >= 0.3 is 12.0 Å². The molecule has 1 saturated heterocycles. The lowest BCUT2D eigenvalue weighted by Gasteiger charge is -2.32. The summed E-state index contributed by atoms with van der Waals surface area (Å²) in [5.41, 5.74) is 0.730. The molecule has 0 bridgehead atoms. The SMILES string of the molecule is COC(=O)c1ccccc1NC(=O)N1CCC(NC(=O)c2cccs2)CC1. The van der Waals surface area contributed by atoms with Crippen LogP contribution in [0.1, 0.15) is 32.9 Å². The molecule has 1 aromatic heterocycles. The van der Waals surface area contributed by atoms with Crippen LogP contribution in [0, 0.1) is 0 Å². The number of benzene rings is 1. The lowest BCUT2D eigenvalue weighted by molar-refractivity contribution is 0.0601. The average Bonchev–Trinajstić information content (AvgIpc) is 3.23. The van der Waals surface area contributed by atoms with Crippen LogP contribution < -0.4 is 10.6 Å². The van der Waals surface area contributed by atoms with Gasteiger partial charge in [-0.3, -0.25) is 4.79 Å². The van der Waals surface area contributed by atoms with Crippen LogP contribution in [-0.4, -0.2) is 49.0 Å². The van der Waals surface area contributed by atoms with E-state index in [1.54, 1.807) is 35.2 Å². The molecule has 27 heavy (non-hydrogen) atoms. The van der Waals surface area contributed by atoms with Gasteiger partial charge in [-0.25, -0.2) is 9.59 Å². The Hall–Kier alpha value is -2.87. The summed E-state index contributed by atoms with van der Waals surface area (Å²) in [6.45, 7) is 1.06. The van der Waals surface area contributed by atoms with Crippen LogP contribution in [0.5, 0.6) is 0 Å². The summed E-state index contributed by atoms with van der Waals surface area (Å²) in [5, 5.41) is 7.66. The van der Waals surface area contributed by atoms with E-state index in [1.165, 1.54) is 18.4 Å². The number of para-hydroxylation sites is 1. The van der Waals surface area contributed by atoms with Gasteiger partial charge in [0.2, 0.25) is 0 Å². The monoisotopic (exact) mass is 387 g/mol. The number of carbonyl (C=O) groups is 3. The Balaban J connectivity index is 1.53. The van der Waals surface area contributed by atoms with Gasteiger partial charge < -0.3 is 20.3 Å². The van der Waals surface area contributed by atoms with Crippen molar-refractivity contribution in [3.05, 3.63) is 52.2 Å². The van der Waals surface area contributed by atoms with Crippen molar-refractivity contribution < 1.29 is 19.1 Å². The third-order valence-electron chi connectivity index (χ3n) is 4.44. The summed E-state index contributed by atoms with van der Waals surface area (Å²) in [5.74, 6) is -0.569. The third kappa shape index (κ3) is 4.65. The van der Waals surface area contributed by atoms with Gasteiger partial charge in [0.25, 0.3) is 5.91 Å². The van der Waals surface area contributed by atoms with Gasteiger partial charge in [-0.15, -0.1) is 11.3 Å². The topological polar surface area (TPSA) is 87.7 Å². The molecule has 0 radical (unpaired) electrons. The first-order chi connectivity index (χ1) is 13.1. The highest BCUT2D eigenvalue weighted by atomic mass is 32.1. The van der Waals surface area contributed by atoms with Crippen LogP contribution in [0.25, 0.3) is 0 Å². The van der Waals surface area contributed by atoms with Gasteiger partial charge in [-0.1, -0.05) is 18.2 Å². The van der Waals surface area contributed by atoms with Crippen LogP contribution in [0.2, 0.25) is 0 Å². The molecule has 2 heterocycles. The van der Waals surface area contributed by atoms with Crippen LogP contribution in [0.3, 0.4) is 0 Å². The van der Waals surface area contributed by atoms with E-state index in [9.17, 15) is 14.4 Å². The average molecular weight is 387 g/mol. The van der Waals surface area contributed by atoms with Crippen LogP contribution in [0.15, 0.2) is 41.8 Å². The van der Waals surface area contributed by atoms with Crippen molar-refractivity contribution >= 4 is 34.9 Å². The summed E-state index contributed by atoms with van der Waals surface area (Å²) in [7, 11) is 1.30. The van der Waals surface area contributed by atoms with Gasteiger partial charge in [-0.05, 0) is 36.4 Å². The molecule has 3 rings (SSSR count). The highest BCUT2D eigenvalue weighted by Gasteiger charge is 2.25. The molecule has 1 aliphatic heterocycles. The maximum atomic E-state index is 12.5. The first kappa shape index (κ1) is 18.9. The zero-order chi connectivity index (χ0) is 19.2. The quantitative estimate of drug-likeness (QED) is 0.790. The summed E-state index contributed by atoms with van der Waals surface area (Å²) in [6, 6.07) is 10.1. The molecular formula is C19H21N3O4S. The van der Waals surface area contributed by atoms with Gasteiger partial charge in [0.15, 0.2) is 0 Å². The maximum absolute atomic E-state index is 12.5. The fraction of sp³-hybridized carbons (Fsp3) is 0.316. The molecule has 1 aliphatic rings. The highest BCUT2D eigenvalue weighted by Crippen LogP contribution is 2.18. The van der Waals surface area contributed by atoms with E-state index in [-0.39, 0.29) is 18.0 Å². The number of hydrogen-bond donors (Lipinski definition) is 2. The van der Waals surface area contributed by atoms with E-state index in [0.717, 1.165) is 0 Å². The maximum Gasteiger partial charge on any atom is 0.339 e. The molecule has 0 unspecified atom stereocenters. The number of methoxy groups -OCH3 is 1. The van der Waals surface area contributed by atoms with Crippen molar-refractivity contribution in [3.63, 3.8) is 0 Å². The number of likely N-dealkylation sites (tertiary alicyclic amines) is 1. The molecule has 3 amide bonds. The standard InChI is InChI=1S/C19H21N3O4S/c1-26-18(24)14-5-2-3-6-15(14)21-19(25)22-10-8-13(9-11-22)20-17(23)16-7-4-12-27-16/h2-7,12-13H,8-11H2,1H3,(H,20,23)(H,21,25). The molecule has 2 N–H and O–H groups in total. The molecule has 1 aromatic carbocycles. The van der Waals surface area contributed by atoms with E-state index in [1.807, 2.05) is 11.4 Å². The summed E-state index contributed by atoms with van der Waals surface area (Å²) >= 11 is 1.41. The van der Waals surface area contributed by atoms with E-state index in [2.05, 4.69) is 10.6 Å². The Kier molecular flexibility index (Phi) is 6.08. The number of hydrogen-bond acceptors (Lipinski definition) is 5. The second-order valence-electron chi connectivity index (χ2n) is 6.18. The number of amides is 3. The van der Waals surface area contributed by atoms with Crippen LogP contribution >= 0.6 is 11.3 Å². The van der Waals surface area contributed by atoms with Gasteiger partial charge in [0.05, 0.1) is 23.2 Å². The predicted molar refractivity (Wildman–Crippen MR) is 103 cm³/mol. The summed E-state index contributed by atoms with van der Waals surface area (Å²) in [6.07, 6.45) is 1.37. The van der Waals surface area contributed by atoms with Crippen molar-refractivity contribution in [2.75, 3.05) is 25.5 Å².